The van der Waals surface area contributed by atoms with Crippen LogP contribution in [0.3, 0.4) is 0 Å². The van der Waals surface area contributed by atoms with Crippen LogP contribution in [0.15, 0.2) is 54.6 Å². The van der Waals surface area contributed by atoms with Crippen molar-refractivity contribution in [2.24, 2.45) is 0 Å². The van der Waals surface area contributed by atoms with Crippen LogP contribution in [0.5, 0.6) is 0 Å². The highest BCUT2D eigenvalue weighted by Gasteiger charge is 2.01. The van der Waals surface area contributed by atoms with Crippen molar-refractivity contribution in [2.45, 2.75) is 6.92 Å². The van der Waals surface area contributed by atoms with Gasteiger partial charge in [-0.05, 0) is 42.8 Å². The number of urea groups is 1. The van der Waals surface area contributed by atoms with E-state index in [1.54, 1.807) is 37.4 Å². The second-order valence-corrected chi connectivity index (χ2v) is 5.02. The number of anilines is 2. The molecule has 2 aromatic rings. The number of hydrogen-bond acceptors (Lipinski definition) is 2. The first-order chi connectivity index (χ1) is 11.1. The zero-order valence-electron chi connectivity index (χ0n) is 13.1. The minimum absolute atomic E-state index is 0.210. The summed E-state index contributed by atoms with van der Waals surface area (Å²) in [4.78, 5) is 23.1. The molecule has 5 heteroatoms. The first-order valence-electron chi connectivity index (χ1n) is 7.21. The Morgan fingerprint density at radius 3 is 2.22 bits per heavy atom. The van der Waals surface area contributed by atoms with E-state index >= 15 is 0 Å². The number of nitrogens with one attached hydrogen (secondary N) is 3. The van der Waals surface area contributed by atoms with Crippen LogP contribution in [0, 0.1) is 6.92 Å². The Bertz CT molecular complexity index is 721. The lowest BCUT2D eigenvalue weighted by molar-refractivity contribution is -0.111. The van der Waals surface area contributed by atoms with Crippen LogP contribution < -0.4 is 16.0 Å². The molecule has 2 rings (SSSR count). The predicted molar refractivity (Wildman–Crippen MR) is 93.4 cm³/mol. The highest BCUT2D eigenvalue weighted by atomic mass is 16.2. The number of rotatable bonds is 4. The Morgan fingerprint density at radius 1 is 0.957 bits per heavy atom. The van der Waals surface area contributed by atoms with Crippen LogP contribution in [0.4, 0.5) is 16.2 Å². The number of carbonyl (C=O) groups is 2. The van der Waals surface area contributed by atoms with Crippen molar-refractivity contribution in [1.29, 1.82) is 0 Å². The Morgan fingerprint density at radius 2 is 1.61 bits per heavy atom. The van der Waals surface area contributed by atoms with Crippen LogP contribution in [0.1, 0.15) is 11.1 Å². The maximum atomic E-state index is 11.9. The molecule has 0 saturated carbocycles. The molecule has 2 aromatic carbocycles. The quantitative estimate of drug-likeness (QED) is 0.758. The van der Waals surface area contributed by atoms with Gasteiger partial charge in [0, 0.05) is 24.5 Å². The van der Waals surface area contributed by atoms with E-state index in [2.05, 4.69) is 16.0 Å². The van der Waals surface area contributed by atoms with Crippen LogP contribution in [-0.4, -0.2) is 19.0 Å². The zero-order valence-corrected chi connectivity index (χ0v) is 13.1. The molecule has 23 heavy (non-hydrogen) atoms. The number of amides is 3. The van der Waals surface area contributed by atoms with Crippen molar-refractivity contribution in [3.8, 4) is 0 Å². The zero-order chi connectivity index (χ0) is 16.7. The summed E-state index contributed by atoms with van der Waals surface area (Å²) in [6.45, 7) is 2.01. The largest absolute Gasteiger partial charge is 0.341 e. The minimum Gasteiger partial charge on any atom is -0.341 e. The molecule has 3 N–H and O–H groups in total. The topological polar surface area (TPSA) is 70.2 Å². The molecule has 0 saturated heterocycles. The van der Waals surface area contributed by atoms with Gasteiger partial charge in [-0.15, -0.1) is 0 Å². The van der Waals surface area contributed by atoms with E-state index in [0.717, 1.165) is 11.1 Å². The van der Waals surface area contributed by atoms with E-state index in [9.17, 15) is 9.59 Å². The molecule has 0 heterocycles. The first-order valence-corrected chi connectivity index (χ1v) is 7.21. The van der Waals surface area contributed by atoms with E-state index in [-0.39, 0.29) is 11.9 Å². The van der Waals surface area contributed by atoms with Gasteiger partial charge < -0.3 is 16.0 Å². The highest BCUT2D eigenvalue weighted by molar-refractivity contribution is 6.02. The van der Waals surface area contributed by atoms with Crippen molar-refractivity contribution in [3.63, 3.8) is 0 Å². The summed E-state index contributed by atoms with van der Waals surface area (Å²) in [5.41, 5.74) is 3.43. The second-order valence-electron chi connectivity index (χ2n) is 5.02. The highest BCUT2D eigenvalue weighted by Crippen LogP contribution is 2.13. The van der Waals surface area contributed by atoms with Gasteiger partial charge in [0.1, 0.15) is 0 Å². The van der Waals surface area contributed by atoms with Gasteiger partial charge in [-0.1, -0.05) is 29.8 Å². The third-order valence-corrected chi connectivity index (χ3v) is 3.11. The average molecular weight is 309 g/mol. The van der Waals surface area contributed by atoms with Crippen LogP contribution in [-0.2, 0) is 4.79 Å². The Balaban J connectivity index is 1.93. The summed E-state index contributed by atoms with van der Waals surface area (Å²) >= 11 is 0. The number of hydrogen-bond donors (Lipinski definition) is 3. The van der Waals surface area contributed by atoms with Crippen molar-refractivity contribution in [1.82, 2.24) is 5.32 Å². The summed E-state index contributed by atoms with van der Waals surface area (Å²) in [7, 11) is 1.55. The summed E-state index contributed by atoms with van der Waals surface area (Å²) in [6, 6.07) is 14.5. The monoisotopic (exact) mass is 309 g/mol. The molecule has 0 atom stereocenters. The summed E-state index contributed by atoms with van der Waals surface area (Å²) in [5.74, 6) is -0.210. The molecule has 0 aliphatic rings. The van der Waals surface area contributed by atoms with Crippen molar-refractivity contribution in [3.05, 3.63) is 65.7 Å². The number of aryl methyl sites for hydroxylation is 1. The summed E-state index contributed by atoms with van der Waals surface area (Å²) in [6.07, 6.45) is 3.26. The van der Waals surface area contributed by atoms with Gasteiger partial charge in [-0.3, -0.25) is 4.79 Å². The lowest BCUT2D eigenvalue weighted by Gasteiger charge is -2.06. The Labute approximate surface area is 135 Å². The van der Waals surface area contributed by atoms with E-state index < -0.39 is 0 Å². The molecule has 0 aliphatic heterocycles. The maximum Gasteiger partial charge on any atom is 0.318 e. The molecule has 3 amide bonds. The molecular formula is C18H19N3O2. The predicted octanol–water partition coefficient (Wildman–Crippen LogP) is 3.40. The van der Waals surface area contributed by atoms with Gasteiger partial charge >= 0.3 is 6.03 Å². The minimum atomic E-state index is -0.289. The lowest BCUT2D eigenvalue weighted by atomic mass is 10.1. The van der Waals surface area contributed by atoms with Gasteiger partial charge in [-0.2, -0.15) is 0 Å². The van der Waals surface area contributed by atoms with Crippen LogP contribution in [0.25, 0.3) is 6.08 Å². The Kier molecular flexibility index (Phi) is 5.52. The molecule has 5 nitrogen and oxygen atoms in total. The average Bonchev–Trinajstić information content (AvgIpc) is 2.55. The van der Waals surface area contributed by atoms with Gasteiger partial charge in [0.15, 0.2) is 0 Å². The van der Waals surface area contributed by atoms with Crippen molar-refractivity contribution < 1.29 is 9.59 Å². The molecule has 0 radical (unpaired) electrons. The smallest absolute Gasteiger partial charge is 0.318 e. The first kappa shape index (κ1) is 16.3. The molecule has 0 aromatic heterocycles. The molecule has 0 fully saturated rings. The van der Waals surface area contributed by atoms with E-state index in [1.807, 2.05) is 31.2 Å². The number of benzene rings is 2. The van der Waals surface area contributed by atoms with Gasteiger partial charge in [0.05, 0.1) is 0 Å². The molecular weight excluding hydrogens is 290 g/mol. The van der Waals surface area contributed by atoms with Crippen molar-refractivity contribution in [2.75, 3.05) is 17.7 Å². The lowest BCUT2D eigenvalue weighted by Crippen LogP contribution is -2.24. The fourth-order valence-electron chi connectivity index (χ4n) is 1.96. The molecule has 118 valence electrons. The van der Waals surface area contributed by atoms with Gasteiger partial charge in [-0.25, -0.2) is 4.79 Å². The third-order valence-electron chi connectivity index (χ3n) is 3.11. The van der Waals surface area contributed by atoms with Crippen LogP contribution >= 0.6 is 0 Å². The fourth-order valence-corrected chi connectivity index (χ4v) is 1.96. The SMILES string of the molecule is CNC(=O)Nc1ccc(NC(=O)/C=C/c2cccc(C)c2)cc1. The van der Waals surface area contributed by atoms with Crippen LogP contribution in [0.2, 0.25) is 0 Å². The summed E-state index contributed by atoms with van der Waals surface area (Å²) < 4.78 is 0. The van der Waals surface area contributed by atoms with E-state index in [4.69, 9.17) is 0 Å². The standard InChI is InChI=1S/C18H19N3O2/c1-13-4-3-5-14(12-13)6-11-17(22)20-15-7-9-16(10-8-15)21-18(23)19-2/h3-12H,1-2H3,(H,20,22)(H2,19,21,23)/b11-6+. The molecule has 0 aliphatic carbocycles. The second kappa shape index (κ2) is 7.79. The third kappa shape index (κ3) is 5.32. The molecule has 0 bridgehead atoms. The fraction of sp³-hybridized carbons (Fsp3) is 0.111. The van der Waals surface area contributed by atoms with Gasteiger partial charge in [0.25, 0.3) is 0 Å². The molecule has 0 unspecified atom stereocenters. The molecule has 0 spiro atoms. The normalized spacial score (nSPS) is 10.3. The van der Waals surface area contributed by atoms with E-state index in [1.165, 1.54) is 6.08 Å². The number of carbonyl (C=O) groups excluding carboxylic acids is 2. The summed E-state index contributed by atoms with van der Waals surface area (Å²) in [5, 5.41) is 7.88. The van der Waals surface area contributed by atoms with Crippen molar-refractivity contribution >= 4 is 29.4 Å². The van der Waals surface area contributed by atoms with E-state index in [0.29, 0.717) is 11.4 Å². The maximum absolute atomic E-state index is 11.9. The Hall–Kier alpha value is -3.08. The van der Waals surface area contributed by atoms with Gasteiger partial charge in [0.2, 0.25) is 5.91 Å².